The zero-order valence-electron chi connectivity index (χ0n) is 14.7. The molecule has 0 spiro atoms. The van der Waals surface area contributed by atoms with Crippen LogP contribution in [0.15, 0.2) is 71.8 Å². The van der Waals surface area contributed by atoms with Gasteiger partial charge in [0.1, 0.15) is 0 Å². The molecule has 3 aromatic heterocycles. The van der Waals surface area contributed by atoms with Crippen LogP contribution in [0, 0.1) is 0 Å². The molecule has 4 aromatic rings. The summed E-state index contributed by atoms with van der Waals surface area (Å²) >= 11 is 0. The third-order valence-corrected chi connectivity index (χ3v) is 4.09. The molecular weight excluding hydrogens is 342 g/mol. The number of aromatic nitrogens is 4. The predicted molar refractivity (Wildman–Crippen MR) is 99.5 cm³/mol. The number of carbonyl (C=O) groups is 1. The molecule has 3 heterocycles. The highest BCUT2D eigenvalue weighted by atomic mass is 16.5. The van der Waals surface area contributed by atoms with E-state index in [1.807, 2.05) is 49.6 Å². The molecule has 0 fully saturated rings. The van der Waals surface area contributed by atoms with Crippen molar-refractivity contribution in [1.82, 2.24) is 25.2 Å². The smallest absolute Gasteiger partial charge is 0.273 e. The summed E-state index contributed by atoms with van der Waals surface area (Å²) in [6.07, 6.45) is 7.18. The van der Waals surface area contributed by atoms with E-state index in [1.54, 1.807) is 29.3 Å². The molecule has 0 saturated carbocycles. The first-order chi connectivity index (χ1) is 13.2. The summed E-state index contributed by atoms with van der Waals surface area (Å²) in [5.74, 6) is 0.258. The number of pyridine rings is 1. The Kier molecular flexibility index (Phi) is 4.49. The van der Waals surface area contributed by atoms with E-state index < -0.39 is 0 Å². The molecule has 134 valence electrons. The molecule has 7 heteroatoms. The lowest BCUT2D eigenvalue weighted by atomic mass is 10.1. The Balaban J connectivity index is 1.43. The number of benzene rings is 1. The van der Waals surface area contributed by atoms with E-state index in [9.17, 15) is 4.79 Å². The number of aryl methyl sites for hydroxylation is 1. The molecule has 0 aliphatic rings. The second-order valence-corrected chi connectivity index (χ2v) is 6.11. The number of rotatable bonds is 5. The van der Waals surface area contributed by atoms with E-state index >= 15 is 0 Å². The largest absolute Gasteiger partial charge is 0.355 e. The third-order valence-electron chi connectivity index (χ3n) is 4.09. The fraction of sp³-hybridized carbons (Fsp3) is 0.100. The molecule has 4 rings (SSSR count). The number of carbonyl (C=O) groups excluding carboxylic acids is 1. The van der Waals surface area contributed by atoms with E-state index in [1.165, 1.54) is 0 Å². The highest BCUT2D eigenvalue weighted by Crippen LogP contribution is 2.20. The van der Waals surface area contributed by atoms with E-state index in [0.717, 1.165) is 22.3 Å². The van der Waals surface area contributed by atoms with Crippen LogP contribution in [0.25, 0.3) is 22.5 Å². The Labute approximate surface area is 155 Å². The average Bonchev–Trinajstić information content (AvgIpc) is 3.36. The first kappa shape index (κ1) is 16.7. The van der Waals surface area contributed by atoms with E-state index in [-0.39, 0.29) is 11.6 Å². The highest BCUT2D eigenvalue weighted by molar-refractivity contribution is 5.93. The summed E-state index contributed by atoms with van der Waals surface area (Å²) < 4.78 is 7.01. The minimum Gasteiger partial charge on any atom is -0.355 e. The first-order valence-corrected chi connectivity index (χ1v) is 8.42. The molecule has 0 atom stereocenters. The topological polar surface area (TPSA) is 85.8 Å². The predicted octanol–water partition coefficient (Wildman–Crippen LogP) is 3.07. The van der Waals surface area contributed by atoms with Gasteiger partial charge in [0.2, 0.25) is 0 Å². The SMILES string of the molecule is Cn1cc(-c2cncc(CNC(=O)c3cc(-c4ccccc4)on3)c2)cn1. The van der Waals surface area contributed by atoms with Gasteiger partial charge in [-0.3, -0.25) is 14.5 Å². The number of hydrogen-bond acceptors (Lipinski definition) is 5. The third kappa shape index (κ3) is 3.77. The molecule has 0 aliphatic carbocycles. The number of nitrogens with one attached hydrogen (secondary N) is 1. The average molecular weight is 359 g/mol. The first-order valence-electron chi connectivity index (χ1n) is 8.42. The lowest BCUT2D eigenvalue weighted by Gasteiger charge is -2.04. The van der Waals surface area contributed by atoms with Crippen molar-refractivity contribution in [3.8, 4) is 22.5 Å². The van der Waals surface area contributed by atoms with Crippen molar-refractivity contribution in [3.05, 3.63) is 78.5 Å². The van der Waals surface area contributed by atoms with Gasteiger partial charge in [0.05, 0.1) is 6.20 Å². The molecule has 0 unspecified atom stereocenters. The summed E-state index contributed by atoms with van der Waals surface area (Å²) in [6.45, 7) is 0.341. The van der Waals surface area contributed by atoms with E-state index in [0.29, 0.717) is 12.3 Å². The van der Waals surface area contributed by atoms with Gasteiger partial charge in [0, 0.05) is 54.9 Å². The van der Waals surface area contributed by atoms with Gasteiger partial charge in [0.15, 0.2) is 11.5 Å². The molecule has 27 heavy (non-hydrogen) atoms. The number of hydrogen-bond donors (Lipinski definition) is 1. The van der Waals surface area contributed by atoms with Crippen molar-refractivity contribution >= 4 is 5.91 Å². The van der Waals surface area contributed by atoms with Gasteiger partial charge in [-0.1, -0.05) is 35.5 Å². The maximum absolute atomic E-state index is 12.4. The van der Waals surface area contributed by atoms with Crippen LogP contribution in [0.5, 0.6) is 0 Å². The van der Waals surface area contributed by atoms with Crippen LogP contribution in [0.1, 0.15) is 16.1 Å². The summed E-state index contributed by atoms with van der Waals surface area (Å²) in [7, 11) is 1.86. The molecule has 1 N–H and O–H groups in total. The Morgan fingerprint density at radius 2 is 1.93 bits per heavy atom. The van der Waals surface area contributed by atoms with Gasteiger partial charge in [0.25, 0.3) is 5.91 Å². The second-order valence-electron chi connectivity index (χ2n) is 6.11. The minimum absolute atomic E-state index is 0.241. The van der Waals surface area contributed by atoms with Gasteiger partial charge in [-0.05, 0) is 11.6 Å². The highest BCUT2D eigenvalue weighted by Gasteiger charge is 2.13. The van der Waals surface area contributed by atoms with Gasteiger partial charge in [-0.25, -0.2) is 0 Å². The fourth-order valence-electron chi connectivity index (χ4n) is 2.71. The number of nitrogens with zero attached hydrogens (tertiary/aromatic N) is 4. The van der Waals surface area contributed by atoms with Crippen LogP contribution in [-0.2, 0) is 13.6 Å². The van der Waals surface area contributed by atoms with Gasteiger partial charge in [-0.2, -0.15) is 5.10 Å². The van der Waals surface area contributed by atoms with Crippen molar-refractivity contribution < 1.29 is 9.32 Å². The maximum Gasteiger partial charge on any atom is 0.273 e. The van der Waals surface area contributed by atoms with E-state index in [2.05, 4.69) is 20.6 Å². The van der Waals surface area contributed by atoms with Gasteiger partial charge < -0.3 is 9.84 Å². The molecule has 1 amide bonds. The van der Waals surface area contributed by atoms with Crippen LogP contribution in [0.4, 0.5) is 0 Å². The number of amides is 1. The van der Waals surface area contributed by atoms with Gasteiger partial charge >= 0.3 is 0 Å². The van der Waals surface area contributed by atoms with Crippen LogP contribution < -0.4 is 5.32 Å². The maximum atomic E-state index is 12.4. The van der Waals surface area contributed by atoms with Crippen molar-refractivity contribution in [1.29, 1.82) is 0 Å². The Hall–Kier alpha value is -3.74. The summed E-state index contributed by atoms with van der Waals surface area (Å²) in [5, 5.41) is 10.9. The Morgan fingerprint density at radius 3 is 2.70 bits per heavy atom. The van der Waals surface area contributed by atoms with Crippen LogP contribution >= 0.6 is 0 Å². The van der Waals surface area contributed by atoms with Crippen LogP contribution in [0.3, 0.4) is 0 Å². The molecule has 7 nitrogen and oxygen atoms in total. The standard InChI is InChI=1S/C20H17N5O2/c1-25-13-17(12-23-25)16-7-14(9-21-11-16)10-22-20(26)18-8-19(27-24-18)15-5-3-2-4-6-15/h2-9,11-13H,10H2,1H3,(H,22,26). The normalized spacial score (nSPS) is 10.7. The van der Waals surface area contributed by atoms with Crippen LogP contribution in [-0.4, -0.2) is 25.8 Å². The van der Waals surface area contributed by atoms with Crippen molar-refractivity contribution in [2.24, 2.45) is 7.05 Å². The molecular formula is C20H17N5O2. The zero-order chi connectivity index (χ0) is 18.6. The molecule has 0 saturated heterocycles. The summed E-state index contributed by atoms with van der Waals surface area (Å²) in [6, 6.07) is 13.1. The Morgan fingerprint density at radius 1 is 1.07 bits per heavy atom. The lowest BCUT2D eigenvalue weighted by molar-refractivity contribution is 0.0942. The lowest BCUT2D eigenvalue weighted by Crippen LogP contribution is -2.23. The molecule has 1 aromatic carbocycles. The van der Waals surface area contributed by atoms with Crippen LogP contribution in [0.2, 0.25) is 0 Å². The monoisotopic (exact) mass is 359 g/mol. The molecule has 0 radical (unpaired) electrons. The summed E-state index contributed by atoms with van der Waals surface area (Å²) in [5.41, 5.74) is 3.92. The van der Waals surface area contributed by atoms with Crippen molar-refractivity contribution in [2.45, 2.75) is 6.54 Å². The second kappa shape index (κ2) is 7.25. The molecule has 0 bridgehead atoms. The quantitative estimate of drug-likeness (QED) is 0.592. The fourth-order valence-corrected chi connectivity index (χ4v) is 2.71. The Bertz CT molecular complexity index is 1070. The zero-order valence-corrected chi connectivity index (χ0v) is 14.7. The summed E-state index contributed by atoms with van der Waals surface area (Å²) in [4.78, 5) is 16.6. The van der Waals surface area contributed by atoms with Crippen molar-refractivity contribution in [2.75, 3.05) is 0 Å². The molecule has 0 aliphatic heterocycles. The van der Waals surface area contributed by atoms with E-state index in [4.69, 9.17) is 4.52 Å². The van der Waals surface area contributed by atoms with Gasteiger partial charge in [-0.15, -0.1) is 0 Å². The minimum atomic E-state index is -0.298. The van der Waals surface area contributed by atoms with Crippen molar-refractivity contribution in [3.63, 3.8) is 0 Å².